The van der Waals surface area contributed by atoms with Crippen LogP contribution in [0.3, 0.4) is 0 Å². The number of carbonyl (C=O) groups is 2. The number of hydrogen-bond acceptors (Lipinski definition) is 6. The van der Waals surface area contributed by atoms with Crippen molar-refractivity contribution in [1.29, 1.82) is 0 Å². The van der Waals surface area contributed by atoms with Crippen LogP contribution in [0.4, 0.5) is 15.8 Å². The number of para-hydroxylation sites is 1. The largest absolute Gasteiger partial charge is 0.497 e. The van der Waals surface area contributed by atoms with Crippen LogP contribution in [0.25, 0.3) is 0 Å². The first kappa shape index (κ1) is 26.4. The molecule has 0 aliphatic carbocycles. The molecule has 1 aromatic heterocycles. The van der Waals surface area contributed by atoms with E-state index in [4.69, 9.17) is 9.15 Å². The number of sulfonamides is 1. The number of rotatable bonds is 10. The quantitative estimate of drug-likeness (QED) is 0.313. The molecule has 2 N–H and O–H groups in total. The minimum atomic E-state index is -4.23. The number of benzene rings is 3. The van der Waals surface area contributed by atoms with Crippen molar-refractivity contribution in [2.45, 2.75) is 11.4 Å². The topological polar surface area (TPSA) is 118 Å². The highest BCUT2D eigenvalue weighted by Crippen LogP contribution is 2.26. The number of halogens is 1. The number of anilines is 2. The molecule has 0 aliphatic rings. The predicted molar refractivity (Wildman–Crippen MR) is 139 cm³/mol. The standard InChI is InChI=1S/C27H24FN3O6S/c1-36-21-12-14-23(15-13-21)38(34,35)31(20-10-8-19(28)9-11-20)18-26(32)30-25-7-3-2-6-24(25)27(33)29-17-22-5-4-16-37-22/h2-16H,17-18H2,1H3,(H,29,33)(H,30,32). The Morgan fingerprint density at radius 1 is 0.947 bits per heavy atom. The van der Waals surface area contributed by atoms with Gasteiger partial charge in [-0.3, -0.25) is 13.9 Å². The Bertz CT molecular complexity index is 1510. The first-order chi connectivity index (χ1) is 18.3. The van der Waals surface area contributed by atoms with E-state index in [-0.39, 0.29) is 28.4 Å². The molecule has 0 atom stereocenters. The number of hydrogen-bond donors (Lipinski definition) is 2. The number of methoxy groups -OCH3 is 1. The fraction of sp³-hybridized carbons (Fsp3) is 0.111. The molecule has 4 aromatic rings. The van der Waals surface area contributed by atoms with Crippen LogP contribution in [-0.2, 0) is 21.4 Å². The van der Waals surface area contributed by atoms with Gasteiger partial charge in [0.05, 0.1) is 41.8 Å². The molecular formula is C27H24FN3O6S. The third-order valence-electron chi connectivity index (χ3n) is 5.50. The van der Waals surface area contributed by atoms with E-state index in [1.165, 1.54) is 61.9 Å². The van der Waals surface area contributed by atoms with Crippen molar-refractivity contribution in [1.82, 2.24) is 5.32 Å². The predicted octanol–water partition coefficient (Wildman–Crippen LogP) is 4.19. The van der Waals surface area contributed by atoms with Crippen molar-refractivity contribution < 1.29 is 31.6 Å². The summed E-state index contributed by atoms with van der Waals surface area (Å²) in [5.74, 6) is -0.721. The molecule has 1 heterocycles. The van der Waals surface area contributed by atoms with Crippen LogP contribution in [0.1, 0.15) is 16.1 Å². The van der Waals surface area contributed by atoms with Gasteiger partial charge >= 0.3 is 0 Å². The van der Waals surface area contributed by atoms with Crippen LogP contribution in [0.5, 0.6) is 5.75 Å². The number of nitrogens with zero attached hydrogens (tertiary/aromatic N) is 1. The smallest absolute Gasteiger partial charge is 0.264 e. The van der Waals surface area contributed by atoms with Gasteiger partial charge < -0.3 is 19.8 Å². The van der Waals surface area contributed by atoms with E-state index in [2.05, 4.69) is 10.6 Å². The Kier molecular flexibility index (Phi) is 8.07. The normalized spacial score (nSPS) is 11.0. The molecule has 4 rings (SSSR count). The molecule has 0 saturated heterocycles. The maximum Gasteiger partial charge on any atom is 0.264 e. The van der Waals surface area contributed by atoms with Crippen molar-refractivity contribution in [2.24, 2.45) is 0 Å². The zero-order valence-corrected chi connectivity index (χ0v) is 21.1. The lowest BCUT2D eigenvalue weighted by molar-refractivity contribution is -0.114. The summed E-state index contributed by atoms with van der Waals surface area (Å²) in [5, 5.41) is 5.32. The Morgan fingerprint density at radius 3 is 2.32 bits per heavy atom. The Balaban J connectivity index is 1.57. The summed E-state index contributed by atoms with van der Waals surface area (Å²) in [6, 6.07) is 20.1. The fourth-order valence-electron chi connectivity index (χ4n) is 3.58. The minimum Gasteiger partial charge on any atom is -0.497 e. The molecule has 38 heavy (non-hydrogen) atoms. The van der Waals surface area contributed by atoms with Crippen LogP contribution in [0, 0.1) is 5.82 Å². The van der Waals surface area contributed by atoms with Crippen LogP contribution < -0.4 is 19.7 Å². The van der Waals surface area contributed by atoms with Crippen molar-refractivity contribution >= 4 is 33.2 Å². The molecule has 0 saturated carbocycles. The Labute approximate surface area is 218 Å². The molecule has 0 fully saturated rings. The third-order valence-corrected chi connectivity index (χ3v) is 7.29. The average molecular weight is 538 g/mol. The number of amides is 2. The van der Waals surface area contributed by atoms with Gasteiger partial charge in [-0.1, -0.05) is 12.1 Å². The third kappa shape index (κ3) is 6.19. The summed E-state index contributed by atoms with van der Waals surface area (Å²) in [6.45, 7) is -0.491. The van der Waals surface area contributed by atoms with Crippen molar-refractivity contribution in [3.63, 3.8) is 0 Å². The minimum absolute atomic E-state index is 0.0850. The first-order valence-corrected chi connectivity index (χ1v) is 12.8. The molecule has 0 bridgehead atoms. The zero-order chi connectivity index (χ0) is 27.1. The molecule has 0 spiro atoms. The van der Waals surface area contributed by atoms with Crippen LogP contribution >= 0.6 is 0 Å². The zero-order valence-electron chi connectivity index (χ0n) is 20.3. The van der Waals surface area contributed by atoms with Crippen molar-refractivity contribution in [2.75, 3.05) is 23.3 Å². The van der Waals surface area contributed by atoms with E-state index >= 15 is 0 Å². The highest BCUT2D eigenvalue weighted by Gasteiger charge is 2.28. The summed E-state index contributed by atoms with van der Waals surface area (Å²) in [6.07, 6.45) is 1.49. The molecule has 9 nitrogen and oxygen atoms in total. The lowest BCUT2D eigenvalue weighted by Crippen LogP contribution is -2.38. The monoisotopic (exact) mass is 537 g/mol. The molecule has 2 amide bonds. The fourth-order valence-corrected chi connectivity index (χ4v) is 5.00. The summed E-state index contributed by atoms with van der Waals surface area (Å²) >= 11 is 0. The van der Waals surface area contributed by atoms with E-state index < -0.39 is 34.2 Å². The summed E-state index contributed by atoms with van der Waals surface area (Å²) in [7, 11) is -2.78. The van der Waals surface area contributed by atoms with E-state index in [9.17, 15) is 22.4 Å². The highest BCUT2D eigenvalue weighted by molar-refractivity contribution is 7.92. The lowest BCUT2D eigenvalue weighted by Gasteiger charge is -2.24. The maximum atomic E-state index is 13.6. The van der Waals surface area contributed by atoms with E-state index in [0.29, 0.717) is 11.5 Å². The second-order valence-corrected chi connectivity index (χ2v) is 9.88. The number of nitrogens with one attached hydrogen (secondary N) is 2. The van der Waals surface area contributed by atoms with E-state index in [1.807, 2.05) is 0 Å². The second-order valence-electron chi connectivity index (χ2n) is 8.02. The molecule has 11 heteroatoms. The number of furan rings is 1. The number of ether oxygens (including phenoxy) is 1. The van der Waals surface area contributed by atoms with Crippen LogP contribution in [0.2, 0.25) is 0 Å². The second kappa shape index (κ2) is 11.6. The lowest BCUT2D eigenvalue weighted by atomic mass is 10.1. The Hall–Kier alpha value is -4.64. The summed E-state index contributed by atoms with van der Waals surface area (Å²) in [5.41, 5.74) is 0.455. The van der Waals surface area contributed by atoms with Crippen LogP contribution in [0.15, 0.2) is 101 Å². The summed E-state index contributed by atoms with van der Waals surface area (Å²) < 4.78 is 51.8. The van der Waals surface area contributed by atoms with Gasteiger partial charge in [-0.05, 0) is 72.8 Å². The molecule has 0 unspecified atom stereocenters. The molecule has 0 radical (unpaired) electrons. The highest BCUT2D eigenvalue weighted by atomic mass is 32.2. The van der Waals surface area contributed by atoms with Crippen molar-refractivity contribution in [3.05, 3.63) is 108 Å². The van der Waals surface area contributed by atoms with E-state index in [0.717, 1.165) is 16.4 Å². The van der Waals surface area contributed by atoms with Gasteiger partial charge in [-0.15, -0.1) is 0 Å². The molecular weight excluding hydrogens is 513 g/mol. The summed E-state index contributed by atoms with van der Waals surface area (Å²) in [4.78, 5) is 25.8. The van der Waals surface area contributed by atoms with Gasteiger partial charge in [0.2, 0.25) is 5.91 Å². The molecule has 0 aliphatic heterocycles. The van der Waals surface area contributed by atoms with Crippen molar-refractivity contribution in [3.8, 4) is 5.75 Å². The SMILES string of the molecule is COc1ccc(S(=O)(=O)N(CC(=O)Nc2ccccc2C(=O)NCc2ccco2)c2ccc(F)cc2)cc1. The van der Waals surface area contributed by atoms with Gasteiger partial charge in [0.25, 0.3) is 15.9 Å². The van der Waals surface area contributed by atoms with Gasteiger partial charge in [-0.2, -0.15) is 0 Å². The molecule has 3 aromatic carbocycles. The average Bonchev–Trinajstić information content (AvgIpc) is 3.45. The maximum absolute atomic E-state index is 13.6. The Morgan fingerprint density at radius 2 is 1.66 bits per heavy atom. The van der Waals surface area contributed by atoms with Gasteiger partial charge in [-0.25, -0.2) is 12.8 Å². The van der Waals surface area contributed by atoms with E-state index in [1.54, 1.807) is 24.3 Å². The van der Waals surface area contributed by atoms with Gasteiger partial charge in [0, 0.05) is 0 Å². The molecule has 196 valence electrons. The number of carbonyl (C=O) groups excluding carboxylic acids is 2. The van der Waals surface area contributed by atoms with Gasteiger partial charge in [0.1, 0.15) is 23.9 Å². The first-order valence-electron chi connectivity index (χ1n) is 11.4. The van der Waals surface area contributed by atoms with Crippen LogP contribution in [-0.4, -0.2) is 33.9 Å². The van der Waals surface area contributed by atoms with Gasteiger partial charge in [0.15, 0.2) is 0 Å².